The van der Waals surface area contributed by atoms with Crippen molar-refractivity contribution >= 4 is 11.9 Å². The summed E-state index contributed by atoms with van der Waals surface area (Å²) in [5, 5.41) is 13.8. The largest absolute Gasteiger partial charge is 0.550 e. The van der Waals surface area contributed by atoms with Crippen molar-refractivity contribution in [3.05, 3.63) is 35.9 Å². The van der Waals surface area contributed by atoms with E-state index >= 15 is 0 Å². The summed E-state index contributed by atoms with van der Waals surface area (Å²) in [5.41, 5.74) is 1.43. The zero-order valence-electron chi connectivity index (χ0n) is 18.6. The van der Waals surface area contributed by atoms with Gasteiger partial charge in [0.2, 0.25) is 5.91 Å². The minimum Gasteiger partial charge on any atom is -0.550 e. The second-order valence-electron chi connectivity index (χ2n) is 9.13. The Hall–Kier alpha value is -1.88. The van der Waals surface area contributed by atoms with Crippen molar-refractivity contribution in [1.29, 1.82) is 0 Å². The number of carboxylic acid groups (broad SMARTS) is 1. The van der Waals surface area contributed by atoms with Gasteiger partial charge in [0.1, 0.15) is 0 Å². The third-order valence-electron chi connectivity index (χ3n) is 5.01. The van der Waals surface area contributed by atoms with Crippen LogP contribution in [-0.2, 0) is 16.0 Å². The van der Waals surface area contributed by atoms with Crippen LogP contribution in [0.4, 0.5) is 0 Å². The Bertz CT molecular complexity index is 582. The number of carbonyl (C=O) groups is 2. The summed E-state index contributed by atoms with van der Waals surface area (Å²) in [6.07, 6.45) is 10.9. The lowest BCUT2D eigenvalue weighted by molar-refractivity contribution is -0.871. The van der Waals surface area contributed by atoms with Gasteiger partial charge in [0.25, 0.3) is 0 Å². The number of carbonyl (C=O) groups excluding carboxylic acids is 2. The standard InChI is InChI=1S/C24H40N2O3/c1-26(2,3)20-22(19-24(28)29)25-23(27)18-14-9-7-5-4-6-8-11-15-21-16-12-10-13-17-21/h10,12-13,16-17,22H,4-9,11,14-15,18-20H2,1-3H3,(H-,25,27,28,29). The first-order valence-corrected chi connectivity index (χ1v) is 11.1. The zero-order chi connectivity index (χ0) is 21.5. The van der Waals surface area contributed by atoms with Crippen LogP contribution in [0.1, 0.15) is 69.8 Å². The minimum atomic E-state index is -1.12. The highest BCUT2D eigenvalue weighted by molar-refractivity contribution is 5.77. The average molecular weight is 405 g/mol. The highest BCUT2D eigenvalue weighted by Gasteiger charge is 2.20. The molecular weight excluding hydrogens is 364 g/mol. The van der Waals surface area contributed by atoms with Crippen LogP contribution in [0.2, 0.25) is 0 Å². The van der Waals surface area contributed by atoms with E-state index in [2.05, 4.69) is 35.6 Å². The quantitative estimate of drug-likeness (QED) is 0.340. The van der Waals surface area contributed by atoms with E-state index in [1.165, 1.54) is 44.1 Å². The van der Waals surface area contributed by atoms with E-state index in [9.17, 15) is 14.7 Å². The van der Waals surface area contributed by atoms with Crippen LogP contribution in [0.5, 0.6) is 0 Å². The molecule has 0 aliphatic carbocycles. The summed E-state index contributed by atoms with van der Waals surface area (Å²) in [4.78, 5) is 23.0. The van der Waals surface area contributed by atoms with Crippen LogP contribution in [0.15, 0.2) is 30.3 Å². The number of aryl methyl sites for hydroxylation is 1. The third kappa shape index (κ3) is 14.7. The van der Waals surface area contributed by atoms with Gasteiger partial charge in [-0.05, 0) is 24.8 Å². The van der Waals surface area contributed by atoms with Gasteiger partial charge in [0.05, 0.1) is 33.7 Å². The number of nitrogens with one attached hydrogen (secondary N) is 1. The first-order valence-electron chi connectivity index (χ1n) is 11.1. The van der Waals surface area contributed by atoms with E-state index in [1.807, 2.05) is 21.1 Å². The van der Waals surface area contributed by atoms with E-state index in [4.69, 9.17) is 0 Å². The molecule has 0 spiro atoms. The fraction of sp³-hybridized carbons (Fsp3) is 0.667. The Labute approximate surface area is 177 Å². The van der Waals surface area contributed by atoms with Crippen LogP contribution >= 0.6 is 0 Å². The maximum Gasteiger partial charge on any atom is 0.220 e. The van der Waals surface area contributed by atoms with Crippen LogP contribution < -0.4 is 10.4 Å². The van der Waals surface area contributed by atoms with Crippen molar-refractivity contribution in [3.63, 3.8) is 0 Å². The zero-order valence-corrected chi connectivity index (χ0v) is 18.6. The van der Waals surface area contributed by atoms with Gasteiger partial charge in [-0.1, -0.05) is 68.9 Å². The van der Waals surface area contributed by atoms with Gasteiger partial charge in [0.15, 0.2) is 0 Å². The fourth-order valence-corrected chi connectivity index (χ4v) is 3.64. The number of likely N-dealkylation sites (N-methyl/N-ethyl adjacent to an activating group) is 1. The van der Waals surface area contributed by atoms with E-state index < -0.39 is 5.97 Å². The van der Waals surface area contributed by atoms with E-state index in [-0.39, 0.29) is 18.4 Å². The second kappa shape index (κ2) is 14.2. The van der Waals surface area contributed by atoms with Crippen LogP contribution in [0, 0.1) is 0 Å². The highest BCUT2D eigenvalue weighted by Crippen LogP contribution is 2.12. The molecule has 0 saturated heterocycles. The Kier molecular flexibility index (Phi) is 12.3. The van der Waals surface area contributed by atoms with Crippen molar-refractivity contribution < 1.29 is 19.2 Å². The maximum absolute atomic E-state index is 12.1. The van der Waals surface area contributed by atoms with Crippen LogP contribution in [-0.4, -0.2) is 50.1 Å². The van der Waals surface area contributed by atoms with Gasteiger partial charge in [-0.2, -0.15) is 0 Å². The lowest BCUT2D eigenvalue weighted by Crippen LogP contribution is -2.50. The topological polar surface area (TPSA) is 69.2 Å². The van der Waals surface area contributed by atoms with Gasteiger partial charge in [0, 0.05) is 18.8 Å². The Morgan fingerprint density at radius 3 is 2.00 bits per heavy atom. The molecule has 1 amide bonds. The molecule has 1 unspecified atom stereocenters. The molecule has 29 heavy (non-hydrogen) atoms. The molecule has 1 atom stereocenters. The molecule has 0 aliphatic heterocycles. The maximum atomic E-state index is 12.1. The third-order valence-corrected chi connectivity index (χ3v) is 5.01. The number of carboxylic acids is 1. The Morgan fingerprint density at radius 2 is 1.45 bits per heavy atom. The molecular formula is C24H40N2O3. The van der Waals surface area contributed by atoms with Gasteiger partial charge in [-0.25, -0.2) is 0 Å². The predicted octanol–water partition coefficient (Wildman–Crippen LogP) is 3.07. The highest BCUT2D eigenvalue weighted by atomic mass is 16.4. The number of nitrogens with zero attached hydrogens (tertiary/aromatic N) is 1. The smallest absolute Gasteiger partial charge is 0.220 e. The van der Waals surface area contributed by atoms with Gasteiger partial charge >= 0.3 is 0 Å². The predicted molar refractivity (Wildman–Crippen MR) is 116 cm³/mol. The molecule has 5 heteroatoms. The molecule has 0 aliphatic rings. The first kappa shape index (κ1) is 25.2. The Balaban J connectivity index is 2.02. The van der Waals surface area contributed by atoms with Gasteiger partial charge in [-0.3, -0.25) is 4.79 Å². The summed E-state index contributed by atoms with van der Waals surface area (Å²) in [5.74, 6) is -1.17. The summed E-state index contributed by atoms with van der Waals surface area (Å²) in [7, 11) is 5.95. The Morgan fingerprint density at radius 1 is 0.897 bits per heavy atom. The molecule has 1 aromatic rings. The van der Waals surface area contributed by atoms with Crippen molar-refractivity contribution in [1.82, 2.24) is 5.32 Å². The molecule has 0 fully saturated rings. The number of hydrogen-bond acceptors (Lipinski definition) is 3. The molecule has 1 N–H and O–H groups in total. The van der Waals surface area contributed by atoms with E-state index in [0.717, 1.165) is 19.3 Å². The number of rotatable bonds is 16. The summed E-state index contributed by atoms with van der Waals surface area (Å²) >= 11 is 0. The summed E-state index contributed by atoms with van der Waals surface area (Å²) in [6, 6.07) is 10.3. The summed E-state index contributed by atoms with van der Waals surface area (Å²) in [6.45, 7) is 0.573. The van der Waals surface area contributed by atoms with Crippen LogP contribution in [0.3, 0.4) is 0 Å². The van der Waals surface area contributed by atoms with Gasteiger partial charge < -0.3 is 19.7 Å². The molecule has 0 saturated carbocycles. The molecule has 1 aromatic carbocycles. The second-order valence-corrected chi connectivity index (χ2v) is 9.13. The normalized spacial score (nSPS) is 12.5. The number of aliphatic carboxylic acids is 1. The number of unbranched alkanes of at least 4 members (excludes halogenated alkanes) is 7. The van der Waals surface area contributed by atoms with Crippen molar-refractivity contribution in [2.24, 2.45) is 0 Å². The van der Waals surface area contributed by atoms with Crippen LogP contribution in [0.25, 0.3) is 0 Å². The first-order chi connectivity index (χ1) is 13.8. The number of amides is 1. The number of quaternary nitrogens is 1. The summed E-state index contributed by atoms with van der Waals surface area (Å²) < 4.78 is 0.601. The monoisotopic (exact) mass is 404 g/mol. The molecule has 0 radical (unpaired) electrons. The molecule has 0 aromatic heterocycles. The lowest BCUT2D eigenvalue weighted by Gasteiger charge is -2.30. The lowest BCUT2D eigenvalue weighted by atomic mass is 10.0. The molecule has 0 heterocycles. The van der Waals surface area contributed by atoms with Crippen molar-refractivity contribution in [2.45, 2.75) is 76.7 Å². The van der Waals surface area contributed by atoms with Gasteiger partial charge in [-0.15, -0.1) is 0 Å². The minimum absolute atomic E-state index is 0.0504. The molecule has 164 valence electrons. The average Bonchev–Trinajstić information content (AvgIpc) is 2.62. The number of benzene rings is 1. The van der Waals surface area contributed by atoms with E-state index in [1.54, 1.807) is 0 Å². The molecule has 5 nitrogen and oxygen atoms in total. The molecule has 1 rings (SSSR count). The van der Waals surface area contributed by atoms with Crippen molar-refractivity contribution in [2.75, 3.05) is 27.7 Å². The van der Waals surface area contributed by atoms with Crippen molar-refractivity contribution in [3.8, 4) is 0 Å². The fourth-order valence-electron chi connectivity index (χ4n) is 3.64. The SMILES string of the molecule is C[N+](C)(C)CC(CC(=O)[O-])NC(=O)CCCCCCCCCCc1ccccc1. The molecule has 0 bridgehead atoms. The van der Waals surface area contributed by atoms with E-state index in [0.29, 0.717) is 17.4 Å². The number of hydrogen-bond donors (Lipinski definition) is 1.